The van der Waals surface area contributed by atoms with Crippen LogP contribution in [0.4, 0.5) is 0 Å². The molecule has 1 aromatic heterocycles. The normalized spacial score (nSPS) is 24.2. The zero-order valence-corrected chi connectivity index (χ0v) is 11.8. The smallest absolute Gasteiger partial charge is 0.257 e. The number of furan rings is 1. The monoisotopic (exact) mass is 274 g/mol. The number of ether oxygens (including phenoxy) is 1. The molecule has 1 atom stereocenters. The van der Waals surface area contributed by atoms with E-state index < -0.39 is 0 Å². The summed E-state index contributed by atoms with van der Waals surface area (Å²) < 4.78 is 11.3. The van der Waals surface area contributed by atoms with Crippen LogP contribution < -0.4 is 0 Å². The van der Waals surface area contributed by atoms with Crippen molar-refractivity contribution in [2.24, 2.45) is 0 Å². The lowest BCUT2D eigenvalue weighted by Gasteiger charge is -2.50. The molecule has 1 aliphatic heterocycles. The van der Waals surface area contributed by atoms with Crippen LogP contribution in [0.1, 0.15) is 48.1 Å². The molecule has 1 saturated heterocycles. The van der Waals surface area contributed by atoms with Crippen molar-refractivity contribution in [3.63, 3.8) is 0 Å². The average Bonchev–Trinajstić information content (AvgIpc) is 2.76. The van der Waals surface area contributed by atoms with Crippen molar-refractivity contribution in [2.75, 3.05) is 13.1 Å². The summed E-state index contributed by atoms with van der Waals surface area (Å²) in [7, 11) is 0. The van der Waals surface area contributed by atoms with Crippen molar-refractivity contribution >= 4 is 5.91 Å². The van der Waals surface area contributed by atoms with Crippen LogP contribution in [0.2, 0.25) is 0 Å². The maximum atomic E-state index is 12.6. The number of aryl methyl sites for hydroxylation is 1. The van der Waals surface area contributed by atoms with Gasteiger partial charge in [0.2, 0.25) is 5.76 Å². The van der Waals surface area contributed by atoms with E-state index in [0.717, 1.165) is 19.3 Å². The van der Waals surface area contributed by atoms with Gasteiger partial charge in [-0.3, -0.25) is 4.79 Å². The van der Waals surface area contributed by atoms with E-state index in [0.29, 0.717) is 24.4 Å². The minimum absolute atomic E-state index is 0.0515. The first-order valence-electron chi connectivity index (χ1n) is 7.01. The average molecular weight is 274 g/mol. The largest absolute Gasteiger partial charge is 0.450 e. The Morgan fingerprint density at radius 2 is 2.30 bits per heavy atom. The zero-order valence-electron chi connectivity index (χ0n) is 11.8. The third-order valence-electron chi connectivity index (χ3n) is 4.22. The maximum absolute atomic E-state index is 12.6. The second-order valence-corrected chi connectivity index (χ2v) is 5.84. The number of amides is 1. The van der Waals surface area contributed by atoms with Crippen LogP contribution >= 0.6 is 0 Å². The highest BCUT2D eigenvalue weighted by molar-refractivity contribution is 5.95. The number of nitriles is 1. The molecule has 1 aromatic rings. The van der Waals surface area contributed by atoms with Crippen LogP contribution in [0.5, 0.6) is 0 Å². The summed E-state index contributed by atoms with van der Waals surface area (Å²) in [6, 6.07) is 3.46. The van der Waals surface area contributed by atoms with Gasteiger partial charge in [0.05, 0.1) is 23.8 Å². The lowest BCUT2D eigenvalue weighted by molar-refractivity contribution is -0.176. The van der Waals surface area contributed by atoms with E-state index in [1.165, 1.54) is 6.07 Å². The molecule has 0 N–H and O–H groups in total. The van der Waals surface area contributed by atoms with Crippen molar-refractivity contribution in [1.82, 2.24) is 4.90 Å². The minimum atomic E-state index is -0.136. The fraction of sp³-hybridized carbons (Fsp3) is 0.600. The molecule has 2 fully saturated rings. The van der Waals surface area contributed by atoms with Crippen LogP contribution in [-0.2, 0) is 4.74 Å². The van der Waals surface area contributed by atoms with Crippen molar-refractivity contribution < 1.29 is 13.9 Å². The number of hydrogen-bond acceptors (Lipinski definition) is 4. The second kappa shape index (κ2) is 4.64. The summed E-state index contributed by atoms with van der Waals surface area (Å²) in [4.78, 5) is 14.5. The van der Waals surface area contributed by atoms with E-state index in [1.807, 2.05) is 17.9 Å². The van der Waals surface area contributed by atoms with Gasteiger partial charge in [0.25, 0.3) is 5.91 Å². The zero-order chi connectivity index (χ0) is 14.3. The van der Waals surface area contributed by atoms with Gasteiger partial charge in [0.15, 0.2) is 0 Å². The molecule has 1 saturated carbocycles. The first-order chi connectivity index (χ1) is 9.53. The van der Waals surface area contributed by atoms with Gasteiger partial charge < -0.3 is 14.1 Å². The molecule has 5 nitrogen and oxygen atoms in total. The number of morpholine rings is 1. The number of carbonyl (C=O) groups is 1. The third-order valence-corrected chi connectivity index (χ3v) is 4.22. The van der Waals surface area contributed by atoms with Crippen LogP contribution in [0.3, 0.4) is 0 Å². The van der Waals surface area contributed by atoms with Crippen LogP contribution in [0, 0.1) is 18.3 Å². The lowest BCUT2D eigenvalue weighted by Crippen LogP contribution is -2.59. The summed E-state index contributed by atoms with van der Waals surface area (Å²) in [6.45, 7) is 4.95. The summed E-state index contributed by atoms with van der Waals surface area (Å²) in [5.74, 6) is 0.632. The Morgan fingerprint density at radius 1 is 1.55 bits per heavy atom. The first-order valence-corrected chi connectivity index (χ1v) is 7.01. The lowest BCUT2D eigenvalue weighted by atomic mass is 9.78. The van der Waals surface area contributed by atoms with Gasteiger partial charge in [-0.25, -0.2) is 0 Å². The van der Waals surface area contributed by atoms with Crippen molar-refractivity contribution in [2.45, 2.75) is 44.8 Å². The Balaban J connectivity index is 1.82. The summed E-state index contributed by atoms with van der Waals surface area (Å²) in [5, 5.41) is 8.85. The molecule has 106 valence electrons. The van der Waals surface area contributed by atoms with Gasteiger partial charge in [-0.05, 0) is 33.1 Å². The molecule has 20 heavy (non-hydrogen) atoms. The second-order valence-electron chi connectivity index (χ2n) is 5.84. The predicted molar refractivity (Wildman–Crippen MR) is 71.2 cm³/mol. The predicted octanol–water partition coefficient (Wildman–Crippen LogP) is 2.24. The van der Waals surface area contributed by atoms with Crippen molar-refractivity contribution in [3.05, 3.63) is 23.2 Å². The van der Waals surface area contributed by atoms with E-state index in [4.69, 9.17) is 14.4 Å². The molecule has 5 heteroatoms. The first kappa shape index (κ1) is 13.2. The number of hydrogen-bond donors (Lipinski definition) is 0. The highest BCUT2D eigenvalue weighted by Crippen LogP contribution is 2.40. The molecule has 0 aromatic carbocycles. The van der Waals surface area contributed by atoms with Gasteiger partial charge >= 0.3 is 0 Å². The van der Waals surface area contributed by atoms with Gasteiger partial charge in [-0.1, -0.05) is 0 Å². The Morgan fingerprint density at radius 3 is 2.85 bits per heavy atom. The molecule has 1 aliphatic carbocycles. The van der Waals surface area contributed by atoms with Gasteiger partial charge in [-0.2, -0.15) is 5.26 Å². The summed E-state index contributed by atoms with van der Waals surface area (Å²) >= 11 is 0. The molecule has 0 bridgehead atoms. The van der Waals surface area contributed by atoms with E-state index in [-0.39, 0.29) is 23.4 Å². The maximum Gasteiger partial charge on any atom is 0.257 e. The van der Waals surface area contributed by atoms with Crippen molar-refractivity contribution in [3.8, 4) is 6.07 Å². The molecular weight excluding hydrogens is 256 g/mol. The van der Waals surface area contributed by atoms with Gasteiger partial charge in [-0.15, -0.1) is 0 Å². The molecular formula is C15H18N2O3. The van der Waals surface area contributed by atoms with E-state index >= 15 is 0 Å². The van der Waals surface area contributed by atoms with Crippen LogP contribution in [0.15, 0.2) is 10.5 Å². The van der Waals surface area contributed by atoms with E-state index in [2.05, 4.69) is 0 Å². The Kier molecular flexibility index (Phi) is 3.06. The molecule has 1 amide bonds. The fourth-order valence-electron chi connectivity index (χ4n) is 3.15. The van der Waals surface area contributed by atoms with Crippen LogP contribution in [-0.4, -0.2) is 35.6 Å². The number of rotatable bonds is 1. The fourth-order valence-corrected chi connectivity index (χ4v) is 3.15. The molecule has 3 rings (SSSR count). The standard InChI is InChI=1S/C15H18N2O3/c1-10-8-17(9-15(20-10)4-3-5-15)14(18)13-6-12(7-16)19-11(13)2/h6,10H,3-5,8-9H2,1-2H3. The number of nitrogens with zero attached hydrogens (tertiary/aromatic N) is 2. The quantitative estimate of drug-likeness (QED) is 0.787. The molecule has 1 unspecified atom stereocenters. The molecule has 0 radical (unpaired) electrons. The minimum Gasteiger partial charge on any atom is -0.450 e. The highest BCUT2D eigenvalue weighted by atomic mass is 16.5. The van der Waals surface area contributed by atoms with Crippen LogP contribution in [0.25, 0.3) is 0 Å². The molecule has 1 spiro atoms. The summed E-state index contributed by atoms with van der Waals surface area (Å²) in [5.41, 5.74) is 0.355. The van der Waals surface area contributed by atoms with E-state index in [9.17, 15) is 4.79 Å². The molecule has 2 aliphatic rings. The Bertz CT molecular complexity index is 580. The third kappa shape index (κ3) is 2.10. The SMILES string of the molecule is Cc1oc(C#N)cc1C(=O)N1CC(C)OC2(CCC2)C1. The topological polar surface area (TPSA) is 66.5 Å². The van der Waals surface area contributed by atoms with Gasteiger partial charge in [0.1, 0.15) is 11.8 Å². The number of carbonyl (C=O) groups excluding carboxylic acids is 1. The Labute approximate surface area is 118 Å². The van der Waals surface area contributed by atoms with Gasteiger partial charge in [0, 0.05) is 12.6 Å². The van der Waals surface area contributed by atoms with E-state index in [1.54, 1.807) is 6.92 Å². The highest BCUT2D eigenvalue weighted by Gasteiger charge is 2.45. The molecule has 2 heterocycles. The van der Waals surface area contributed by atoms with Crippen molar-refractivity contribution in [1.29, 1.82) is 5.26 Å². The Hall–Kier alpha value is -1.80. The summed E-state index contributed by atoms with van der Waals surface area (Å²) in [6.07, 6.45) is 3.26.